The number of anilines is 1. The maximum absolute atomic E-state index is 16.2. The van der Waals surface area contributed by atoms with Gasteiger partial charge >= 0.3 is 0 Å². The molecule has 0 aliphatic heterocycles. The zero-order valence-electron chi connectivity index (χ0n) is 21.2. The molecule has 7 rings (SSSR count). The number of aromatic amines is 2. The Morgan fingerprint density at radius 1 is 0.829 bits per heavy atom. The van der Waals surface area contributed by atoms with E-state index in [4.69, 9.17) is 0 Å². The van der Waals surface area contributed by atoms with Crippen LogP contribution < -0.4 is 5.32 Å². The normalized spacial score (nSPS) is 11.3. The summed E-state index contributed by atoms with van der Waals surface area (Å²) in [6.07, 6.45) is 4.58. The summed E-state index contributed by atoms with van der Waals surface area (Å²) >= 11 is 0. The summed E-state index contributed by atoms with van der Waals surface area (Å²) < 4.78 is 30.7. The molecule has 0 bridgehead atoms. The molecule has 1 amide bonds. The van der Waals surface area contributed by atoms with Crippen molar-refractivity contribution in [1.29, 1.82) is 0 Å². The van der Waals surface area contributed by atoms with Crippen LogP contribution >= 0.6 is 0 Å². The highest BCUT2D eigenvalue weighted by Crippen LogP contribution is 2.35. The molecule has 0 atom stereocenters. The van der Waals surface area contributed by atoms with Gasteiger partial charge in [-0.05, 0) is 48.5 Å². The Hall–Kier alpha value is -5.77. The standard InChI is InChI=1S/C31H19F2N7O/c32-22-9-5-4-8-21(22)27-28-24(12-13-35-27)37-30(38-28)29-25-23(39-40-29)11-10-20(26(25)33)18-14-19(16-34-15-18)36-31(41)17-6-2-1-3-7-17/h1-16H,(H,36,41)(H,37,38)(H,39,40). The van der Waals surface area contributed by atoms with E-state index in [1.165, 1.54) is 18.5 Å². The number of amides is 1. The molecule has 0 fully saturated rings. The predicted molar refractivity (Wildman–Crippen MR) is 152 cm³/mol. The minimum absolute atomic E-state index is 0.223. The summed E-state index contributed by atoms with van der Waals surface area (Å²) in [4.78, 5) is 29.0. The average Bonchev–Trinajstić information content (AvgIpc) is 3.63. The van der Waals surface area contributed by atoms with Gasteiger partial charge in [-0.2, -0.15) is 5.10 Å². The lowest BCUT2D eigenvalue weighted by molar-refractivity contribution is 0.102. The molecule has 10 heteroatoms. The van der Waals surface area contributed by atoms with Crippen LogP contribution in [-0.4, -0.2) is 36.0 Å². The van der Waals surface area contributed by atoms with Gasteiger partial charge in [0.1, 0.15) is 28.5 Å². The van der Waals surface area contributed by atoms with Gasteiger partial charge in [0.15, 0.2) is 5.82 Å². The number of nitrogens with one attached hydrogen (secondary N) is 3. The smallest absolute Gasteiger partial charge is 0.255 e. The van der Waals surface area contributed by atoms with Gasteiger partial charge in [0.05, 0.1) is 28.3 Å². The molecule has 7 aromatic rings. The monoisotopic (exact) mass is 543 g/mol. The molecule has 0 aliphatic carbocycles. The van der Waals surface area contributed by atoms with E-state index in [0.29, 0.717) is 50.4 Å². The Bertz CT molecular complexity index is 2090. The van der Waals surface area contributed by atoms with Gasteiger partial charge in [0.25, 0.3) is 5.91 Å². The maximum atomic E-state index is 16.2. The number of carbonyl (C=O) groups excluding carboxylic acids is 1. The number of H-pyrrole nitrogens is 2. The van der Waals surface area contributed by atoms with Gasteiger partial charge in [-0.25, -0.2) is 13.8 Å². The van der Waals surface area contributed by atoms with Gasteiger partial charge in [0.2, 0.25) is 0 Å². The van der Waals surface area contributed by atoms with E-state index in [0.717, 1.165) is 0 Å². The largest absolute Gasteiger partial charge is 0.336 e. The number of hydrogen-bond donors (Lipinski definition) is 3. The fourth-order valence-corrected chi connectivity index (χ4v) is 4.81. The number of rotatable bonds is 5. The number of benzene rings is 3. The third-order valence-corrected chi connectivity index (χ3v) is 6.76. The molecule has 8 nitrogen and oxygen atoms in total. The SMILES string of the molecule is O=C(Nc1cncc(-c2ccc3[nH]nc(-c4nc5c(-c6ccccc6F)nccc5[nH]4)c3c2F)c1)c1ccccc1. The summed E-state index contributed by atoms with van der Waals surface area (Å²) in [6.45, 7) is 0. The summed E-state index contributed by atoms with van der Waals surface area (Å²) in [7, 11) is 0. The average molecular weight is 544 g/mol. The third-order valence-electron chi connectivity index (χ3n) is 6.76. The first kappa shape index (κ1) is 24.3. The molecule has 0 spiro atoms. The molecular weight excluding hydrogens is 524 g/mol. The molecule has 0 saturated carbocycles. The number of halogens is 2. The van der Waals surface area contributed by atoms with Gasteiger partial charge in [-0.15, -0.1) is 0 Å². The van der Waals surface area contributed by atoms with Gasteiger partial charge < -0.3 is 10.3 Å². The van der Waals surface area contributed by atoms with Crippen molar-refractivity contribution in [1.82, 2.24) is 30.1 Å². The van der Waals surface area contributed by atoms with Crippen LogP contribution in [0.3, 0.4) is 0 Å². The second kappa shape index (κ2) is 9.76. The van der Waals surface area contributed by atoms with E-state index in [1.807, 2.05) is 6.07 Å². The molecule has 0 saturated heterocycles. The Morgan fingerprint density at radius 3 is 2.51 bits per heavy atom. The van der Waals surface area contributed by atoms with E-state index in [9.17, 15) is 9.18 Å². The highest BCUT2D eigenvalue weighted by molar-refractivity contribution is 6.04. The molecule has 3 N–H and O–H groups in total. The molecule has 0 radical (unpaired) electrons. The van der Waals surface area contributed by atoms with Crippen LogP contribution in [0, 0.1) is 11.6 Å². The second-order valence-corrected chi connectivity index (χ2v) is 9.33. The van der Waals surface area contributed by atoms with Crippen molar-refractivity contribution in [3.8, 4) is 33.9 Å². The third kappa shape index (κ3) is 4.27. The summed E-state index contributed by atoms with van der Waals surface area (Å²) in [5.74, 6) is -0.956. The quantitative estimate of drug-likeness (QED) is 0.222. The van der Waals surface area contributed by atoms with Crippen LogP contribution in [0.4, 0.5) is 14.5 Å². The highest BCUT2D eigenvalue weighted by atomic mass is 19.1. The van der Waals surface area contributed by atoms with Crippen molar-refractivity contribution >= 4 is 33.5 Å². The van der Waals surface area contributed by atoms with Crippen molar-refractivity contribution in [2.24, 2.45) is 0 Å². The van der Waals surface area contributed by atoms with E-state index in [2.05, 4.69) is 35.5 Å². The zero-order valence-corrected chi connectivity index (χ0v) is 21.2. The summed E-state index contributed by atoms with van der Waals surface area (Å²) in [5, 5.41) is 10.2. The van der Waals surface area contributed by atoms with Gasteiger partial charge in [0, 0.05) is 34.6 Å². The number of aromatic nitrogens is 6. The van der Waals surface area contributed by atoms with Gasteiger partial charge in [-0.3, -0.25) is 19.9 Å². The lowest BCUT2D eigenvalue weighted by Gasteiger charge is -2.09. The highest BCUT2D eigenvalue weighted by Gasteiger charge is 2.21. The predicted octanol–water partition coefficient (Wildman–Crippen LogP) is 6.76. The first-order chi connectivity index (χ1) is 20.1. The van der Waals surface area contributed by atoms with Crippen molar-refractivity contribution in [2.45, 2.75) is 0 Å². The van der Waals surface area contributed by atoms with Crippen molar-refractivity contribution in [2.75, 3.05) is 5.32 Å². The van der Waals surface area contributed by atoms with E-state index in [-0.39, 0.29) is 22.6 Å². The van der Waals surface area contributed by atoms with Crippen LogP contribution in [0.2, 0.25) is 0 Å². The molecular formula is C31H19F2N7O. The van der Waals surface area contributed by atoms with Crippen LogP contribution in [-0.2, 0) is 0 Å². The molecule has 4 heterocycles. The number of hydrogen-bond acceptors (Lipinski definition) is 5. The first-order valence-electron chi connectivity index (χ1n) is 12.7. The molecule has 41 heavy (non-hydrogen) atoms. The number of nitrogens with zero attached hydrogens (tertiary/aromatic N) is 4. The second-order valence-electron chi connectivity index (χ2n) is 9.33. The Balaban J connectivity index is 1.29. The van der Waals surface area contributed by atoms with Crippen molar-refractivity contribution < 1.29 is 13.6 Å². The minimum atomic E-state index is -0.535. The van der Waals surface area contributed by atoms with Crippen LogP contribution in [0.25, 0.3) is 55.8 Å². The molecule has 198 valence electrons. The molecule has 4 aromatic heterocycles. The Morgan fingerprint density at radius 2 is 1.66 bits per heavy atom. The lowest BCUT2D eigenvalue weighted by atomic mass is 10.0. The summed E-state index contributed by atoms with van der Waals surface area (Å²) in [5.41, 5.74) is 4.10. The Labute approximate surface area is 231 Å². The number of pyridine rings is 2. The number of carbonyl (C=O) groups is 1. The molecule has 0 unspecified atom stereocenters. The van der Waals surface area contributed by atoms with Crippen LogP contribution in [0.5, 0.6) is 0 Å². The lowest BCUT2D eigenvalue weighted by Crippen LogP contribution is -2.11. The minimum Gasteiger partial charge on any atom is -0.336 e. The molecule has 3 aromatic carbocycles. The zero-order chi connectivity index (χ0) is 27.9. The molecule has 0 aliphatic rings. The number of imidazole rings is 1. The van der Waals surface area contributed by atoms with Gasteiger partial charge in [-0.1, -0.05) is 30.3 Å². The summed E-state index contributed by atoms with van der Waals surface area (Å²) in [6, 6.07) is 21.8. The fourth-order valence-electron chi connectivity index (χ4n) is 4.81. The Kier molecular flexibility index (Phi) is 5.78. The van der Waals surface area contributed by atoms with Crippen LogP contribution in [0.15, 0.2) is 97.5 Å². The van der Waals surface area contributed by atoms with E-state index < -0.39 is 11.6 Å². The van der Waals surface area contributed by atoms with Crippen molar-refractivity contribution in [3.63, 3.8) is 0 Å². The first-order valence-corrected chi connectivity index (χ1v) is 12.7. The maximum Gasteiger partial charge on any atom is 0.255 e. The fraction of sp³-hybridized carbons (Fsp3) is 0. The van der Waals surface area contributed by atoms with Crippen molar-refractivity contribution in [3.05, 3.63) is 115 Å². The van der Waals surface area contributed by atoms with Crippen LogP contribution in [0.1, 0.15) is 10.4 Å². The number of fused-ring (bicyclic) bond motifs is 2. The topological polar surface area (TPSA) is 112 Å². The van der Waals surface area contributed by atoms with E-state index in [1.54, 1.807) is 72.9 Å². The van der Waals surface area contributed by atoms with E-state index >= 15 is 4.39 Å².